The number of hydrogen-bond donors (Lipinski definition) is 0. The van der Waals surface area contributed by atoms with Crippen LogP contribution in [0.15, 0.2) is 71.2 Å². The van der Waals surface area contributed by atoms with Crippen LogP contribution in [0.3, 0.4) is 0 Å². The van der Waals surface area contributed by atoms with Gasteiger partial charge in [0.2, 0.25) is 0 Å². The fourth-order valence-corrected chi connectivity index (χ4v) is 4.41. The second-order valence-electron chi connectivity index (χ2n) is 6.74. The third kappa shape index (κ3) is 4.81. The first kappa shape index (κ1) is 20.0. The number of carbonyl (C=O) groups is 1. The minimum Gasteiger partial charge on any atom is -0.390 e. The number of hydrogen-bond acceptors (Lipinski definition) is 4. The van der Waals surface area contributed by atoms with Crippen LogP contribution in [-0.4, -0.2) is 29.2 Å². The van der Waals surface area contributed by atoms with Crippen LogP contribution >= 0.6 is 34.5 Å². The van der Waals surface area contributed by atoms with Gasteiger partial charge in [0.1, 0.15) is 0 Å². The van der Waals surface area contributed by atoms with Gasteiger partial charge in [-0.1, -0.05) is 64.8 Å². The van der Waals surface area contributed by atoms with Crippen molar-refractivity contribution in [2.75, 3.05) is 6.54 Å². The Morgan fingerprint density at radius 3 is 2.76 bits per heavy atom. The average molecular weight is 445 g/mol. The largest absolute Gasteiger partial charge is 0.390 e. The van der Waals surface area contributed by atoms with Gasteiger partial charge in [0.25, 0.3) is 5.91 Å². The second-order valence-corrected chi connectivity index (χ2v) is 8.53. The summed E-state index contributed by atoms with van der Waals surface area (Å²) < 4.78 is 0. The maximum absolute atomic E-state index is 13.1. The van der Waals surface area contributed by atoms with Gasteiger partial charge in [0.05, 0.1) is 17.1 Å². The molecule has 1 atom stereocenters. The number of oxime groups is 1. The van der Waals surface area contributed by atoms with Gasteiger partial charge in [-0.25, -0.2) is 0 Å². The number of halogens is 2. The highest BCUT2D eigenvalue weighted by Gasteiger charge is 2.28. The van der Waals surface area contributed by atoms with Crippen LogP contribution in [0.25, 0.3) is 0 Å². The Kier molecular flexibility index (Phi) is 6.19. The Balaban J connectivity index is 1.50. The van der Waals surface area contributed by atoms with Crippen molar-refractivity contribution in [2.24, 2.45) is 5.16 Å². The predicted octanol–water partition coefficient (Wildman–Crippen LogP) is 5.89. The molecule has 0 spiro atoms. The molecule has 2 aromatic carbocycles. The Morgan fingerprint density at radius 2 is 2.00 bits per heavy atom. The van der Waals surface area contributed by atoms with Crippen molar-refractivity contribution in [3.8, 4) is 0 Å². The molecular weight excluding hydrogens is 427 g/mol. The number of thiophene rings is 1. The van der Waals surface area contributed by atoms with Crippen LogP contribution in [-0.2, 0) is 11.4 Å². The molecule has 0 fully saturated rings. The smallest absolute Gasteiger partial charge is 0.264 e. The van der Waals surface area contributed by atoms with Gasteiger partial charge < -0.3 is 9.74 Å². The van der Waals surface area contributed by atoms with Crippen molar-refractivity contribution in [1.82, 2.24) is 4.90 Å². The maximum atomic E-state index is 13.1. The van der Waals surface area contributed by atoms with E-state index in [9.17, 15) is 4.79 Å². The number of carbonyl (C=O) groups excluding carboxylic acids is 1. The molecule has 2 heterocycles. The highest BCUT2D eigenvalue weighted by Crippen LogP contribution is 2.25. The van der Waals surface area contributed by atoms with E-state index >= 15 is 0 Å². The van der Waals surface area contributed by atoms with E-state index in [4.69, 9.17) is 28.0 Å². The fraction of sp³-hybridized carbons (Fsp3) is 0.182. The predicted molar refractivity (Wildman–Crippen MR) is 118 cm³/mol. The maximum Gasteiger partial charge on any atom is 0.264 e. The molecule has 3 aromatic rings. The molecule has 4 rings (SSSR count). The number of rotatable bonds is 6. The van der Waals surface area contributed by atoms with Gasteiger partial charge in [-0.05, 0) is 35.2 Å². The van der Waals surface area contributed by atoms with Gasteiger partial charge in [-0.15, -0.1) is 11.3 Å². The highest BCUT2D eigenvalue weighted by atomic mass is 35.5. The average Bonchev–Trinajstić information content (AvgIpc) is 3.40. The summed E-state index contributed by atoms with van der Waals surface area (Å²) in [6.45, 7) is 0.860. The van der Waals surface area contributed by atoms with Crippen LogP contribution < -0.4 is 0 Å². The third-order valence-electron chi connectivity index (χ3n) is 4.62. The SMILES string of the molecule is O=C(c1cccs1)N(Cc1cccc(Cl)c1)CC1CC(c2ccccc2Cl)=NO1. The van der Waals surface area contributed by atoms with Gasteiger partial charge in [0.15, 0.2) is 6.10 Å². The van der Waals surface area contributed by atoms with E-state index in [1.807, 2.05) is 66.0 Å². The Labute approximate surface area is 183 Å². The molecule has 1 aromatic heterocycles. The molecule has 148 valence electrons. The summed E-state index contributed by atoms with van der Waals surface area (Å²) in [5.74, 6) is -0.0326. The first-order valence-corrected chi connectivity index (χ1v) is 10.8. The molecule has 29 heavy (non-hydrogen) atoms. The molecule has 0 saturated heterocycles. The van der Waals surface area contributed by atoms with E-state index in [-0.39, 0.29) is 12.0 Å². The van der Waals surface area contributed by atoms with E-state index in [1.165, 1.54) is 11.3 Å². The summed E-state index contributed by atoms with van der Waals surface area (Å²) in [6, 6.07) is 18.8. The van der Waals surface area contributed by atoms with Crippen molar-refractivity contribution in [3.05, 3.63) is 92.1 Å². The molecule has 0 aliphatic carbocycles. The van der Waals surface area contributed by atoms with E-state index in [2.05, 4.69) is 5.16 Å². The summed E-state index contributed by atoms with van der Waals surface area (Å²) in [7, 11) is 0. The fourth-order valence-electron chi connectivity index (χ4n) is 3.26. The summed E-state index contributed by atoms with van der Waals surface area (Å²) in [5.41, 5.74) is 2.63. The van der Waals surface area contributed by atoms with Crippen molar-refractivity contribution < 1.29 is 9.63 Å². The van der Waals surface area contributed by atoms with Crippen LogP contribution in [0.2, 0.25) is 10.0 Å². The number of amides is 1. The van der Waals surface area contributed by atoms with Gasteiger partial charge in [-0.3, -0.25) is 4.79 Å². The topological polar surface area (TPSA) is 41.9 Å². The zero-order chi connectivity index (χ0) is 20.2. The molecule has 0 radical (unpaired) electrons. The first-order valence-electron chi connectivity index (χ1n) is 9.15. The normalized spacial score (nSPS) is 15.7. The summed E-state index contributed by atoms with van der Waals surface area (Å²) in [5, 5.41) is 7.40. The lowest BCUT2D eigenvalue weighted by atomic mass is 10.0. The van der Waals surface area contributed by atoms with Crippen LogP contribution in [0.1, 0.15) is 27.2 Å². The van der Waals surface area contributed by atoms with Gasteiger partial charge in [0, 0.05) is 28.6 Å². The van der Waals surface area contributed by atoms with Crippen molar-refractivity contribution >= 4 is 46.2 Å². The third-order valence-corrected chi connectivity index (χ3v) is 6.05. The summed E-state index contributed by atoms with van der Waals surface area (Å²) >= 11 is 13.8. The zero-order valence-electron chi connectivity index (χ0n) is 15.4. The van der Waals surface area contributed by atoms with E-state index in [1.54, 1.807) is 4.90 Å². The number of nitrogens with zero attached hydrogens (tertiary/aromatic N) is 2. The zero-order valence-corrected chi connectivity index (χ0v) is 17.8. The summed E-state index contributed by atoms with van der Waals surface area (Å²) in [6.07, 6.45) is 0.359. The van der Waals surface area contributed by atoms with Crippen LogP contribution in [0, 0.1) is 0 Å². The van der Waals surface area contributed by atoms with E-state index in [0.717, 1.165) is 16.8 Å². The van der Waals surface area contributed by atoms with Crippen molar-refractivity contribution in [1.29, 1.82) is 0 Å². The van der Waals surface area contributed by atoms with Crippen molar-refractivity contribution in [3.63, 3.8) is 0 Å². The number of benzene rings is 2. The standard InChI is InChI=1S/C22H18Cl2N2O2S/c23-16-6-3-5-15(11-16)13-26(22(27)21-9-4-10-29-21)14-17-12-20(25-28-17)18-7-1-2-8-19(18)24/h1-11,17H,12-14H2. The molecule has 1 aliphatic heterocycles. The minimum absolute atomic E-state index is 0.0326. The lowest BCUT2D eigenvalue weighted by Gasteiger charge is -2.24. The Morgan fingerprint density at radius 1 is 1.14 bits per heavy atom. The van der Waals surface area contributed by atoms with E-state index in [0.29, 0.717) is 34.4 Å². The first-order chi connectivity index (χ1) is 14.1. The molecule has 1 aliphatic rings. The van der Waals surface area contributed by atoms with Crippen LogP contribution in [0.5, 0.6) is 0 Å². The quantitative estimate of drug-likeness (QED) is 0.475. The van der Waals surface area contributed by atoms with Crippen LogP contribution in [0.4, 0.5) is 0 Å². The molecule has 0 bridgehead atoms. The van der Waals surface area contributed by atoms with E-state index < -0.39 is 0 Å². The molecule has 7 heteroatoms. The summed E-state index contributed by atoms with van der Waals surface area (Å²) in [4.78, 5) is 21.2. The molecule has 0 saturated carbocycles. The molecule has 4 nitrogen and oxygen atoms in total. The Bertz CT molecular complexity index is 1040. The van der Waals surface area contributed by atoms with Crippen molar-refractivity contribution in [2.45, 2.75) is 19.1 Å². The lowest BCUT2D eigenvalue weighted by molar-refractivity contribution is 0.0408. The molecule has 1 amide bonds. The molecule has 0 N–H and O–H groups in total. The van der Waals surface area contributed by atoms with Gasteiger partial charge >= 0.3 is 0 Å². The monoisotopic (exact) mass is 444 g/mol. The van der Waals surface area contributed by atoms with Gasteiger partial charge in [-0.2, -0.15) is 0 Å². The Hall–Kier alpha value is -2.34. The molecule has 1 unspecified atom stereocenters. The second kappa shape index (κ2) is 8.99. The molecular formula is C22H18Cl2N2O2S. The lowest BCUT2D eigenvalue weighted by Crippen LogP contribution is -2.37. The minimum atomic E-state index is -0.232. The highest BCUT2D eigenvalue weighted by molar-refractivity contribution is 7.12.